The van der Waals surface area contributed by atoms with E-state index in [9.17, 15) is 13.2 Å². The van der Waals surface area contributed by atoms with E-state index in [1.807, 2.05) is 43.0 Å². The van der Waals surface area contributed by atoms with E-state index in [1.165, 1.54) is 11.8 Å². The Labute approximate surface area is 182 Å². The molecule has 1 aromatic heterocycles. The van der Waals surface area contributed by atoms with Crippen LogP contribution in [0.4, 0.5) is 13.2 Å². The Kier molecular flexibility index (Phi) is 10.1. The zero-order valence-corrected chi connectivity index (χ0v) is 19.2. The quantitative estimate of drug-likeness (QED) is 0.357. The lowest BCUT2D eigenvalue weighted by molar-refractivity contribution is -0.181. The third kappa shape index (κ3) is 6.80. The number of halogens is 4. The third-order valence-electron chi connectivity index (χ3n) is 4.88. The Morgan fingerprint density at radius 3 is 2.39 bits per heavy atom. The van der Waals surface area contributed by atoms with Gasteiger partial charge in [-0.2, -0.15) is 13.2 Å². The van der Waals surface area contributed by atoms with Crippen LogP contribution in [0, 0.1) is 0 Å². The van der Waals surface area contributed by atoms with Gasteiger partial charge in [-0.25, -0.2) is 0 Å². The third-order valence-corrected chi connectivity index (χ3v) is 4.88. The van der Waals surface area contributed by atoms with Gasteiger partial charge >= 0.3 is 6.18 Å². The molecule has 6 nitrogen and oxygen atoms in total. The summed E-state index contributed by atoms with van der Waals surface area (Å²) < 4.78 is 44.3. The molecule has 1 fully saturated rings. The van der Waals surface area contributed by atoms with Crippen LogP contribution in [-0.2, 0) is 0 Å². The Morgan fingerprint density at radius 2 is 1.93 bits per heavy atom. The van der Waals surface area contributed by atoms with E-state index < -0.39 is 12.2 Å². The van der Waals surface area contributed by atoms with Crippen LogP contribution < -0.4 is 5.32 Å². The van der Waals surface area contributed by atoms with Gasteiger partial charge in [0.2, 0.25) is 0 Å². The number of hydrogen-bond acceptors (Lipinski definition) is 4. The van der Waals surface area contributed by atoms with Gasteiger partial charge in [0.15, 0.2) is 5.96 Å². The van der Waals surface area contributed by atoms with Crippen molar-refractivity contribution in [2.24, 2.45) is 4.99 Å². The first kappa shape index (κ1) is 25.0. The average Bonchev–Trinajstić information content (AvgIpc) is 3.14. The number of furan rings is 1. The van der Waals surface area contributed by atoms with Crippen LogP contribution in [0.25, 0.3) is 0 Å². The Bertz CT molecular complexity index is 587. The van der Waals surface area contributed by atoms with E-state index in [1.54, 1.807) is 6.26 Å². The van der Waals surface area contributed by atoms with Crippen LogP contribution in [0.2, 0.25) is 0 Å². The first-order valence-electron chi connectivity index (χ1n) is 9.27. The molecular weight excluding hydrogens is 486 g/mol. The smallest absolute Gasteiger partial charge is 0.403 e. The van der Waals surface area contributed by atoms with Crippen LogP contribution in [0.15, 0.2) is 27.8 Å². The van der Waals surface area contributed by atoms with Gasteiger partial charge in [0.1, 0.15) is 11.8 Å². The van der Waals surface area contributed by atoms with Crippen molar-refractivity contribution in [2.45, 2.75) is 32.1 Å². The van der Waals surface area contributed by atoms with Gasteiger partial charge < -0.3 is 14.6 Å². The minimum absolute atomic E-state index is 0. The molecule has 2 heterocycles. The molecule has 1 saturated heterocycles. The normalized spacial score (nSPS) is 18.7. The monoisotopic (exact) mass is 517 g/mol. The zero-order valence-electron chi connectivity index (χ0n) is 16.9. The highest BCUT2D eigenvalue weighted by Gasteiger charge is 2.41. The van der Waals surface area contributed by atoms with Crippen molar-refractivity contribution in [1.29, 1.82) is 0 Å². The van der Waals surface area contributed by atoms with Gasteiger partial charge in [0.05, 0.1) is 18.8 Å². The molecule has 0 spiro atoms. The summed E-state index contributed by atoms with van der Waals surface area (Å²) in [6, 6.07) is 2.35. The lowest BCUT2D eigenvalue weighted by Crippen LogP contribution is -2.56. The van der Waals surface area contributed by atoms with Crippen molar-refractivity contribution >= 4 is 29.9 Å². The molecule has 162 valence electrons. The highest BCUT2D eigenvalue weighted by molar-refractivity contribution is 14.0. The molecule has 0 radical (unpaired) electrons. The topological polar surface area (TPSA) is 47.3 Å². The average molecular weight is 517 g/mol. The van der Waals surface area contributed by atoms with Gasteiger partial charge in [-0.1, -0.05) is 0 Å². The van der Waals surface area contributed by atoms with Crippen molar-refractivity contribution in [3.05, 3.63) is 24.2 Å². The van der Waals surface area contributed by atoms with Crippen molar-refractivity contribution in [3.63, 3.8) is 0 Å². The Balaban J connectivity index is 0.00000392. The Morgan fingerprint density at radius 1 is 1.29 bits per heavy atom. The number of rotatable bonds is 6. The number of piperazine rings is 1. The zero-order chi connectivity index (χ0) is 20.0. The fourth-order valence-corrected chi connectivity index (χ4v) is 3.12. The highest BCUT2D eigenvalue weighted by Crippen LogP contribution is 2.25. The molecule has 0 saturated carbocycles. The summed E-state index contributed by atoms with van der Waals surface area (Å²) in [5, 5.41) is 3.25. The maximum Gasteiger partial charge on any atom is 0.403 e. The van der Waals surface area contributed by atoms with Gasteiger partial charge in [0, 0.05) is 32.7 Å². The number of likely N-dealkylation sites (N-methyl/N-ethyl adjacent to an activating group) is 1. The predicted octanol–water partition coefficient (Wildman–Crippen LogP) is 3.03. The largest absolute Gasteiger partial charge is 0.468 e. The predicted molar refractivity (Wildman–Crippen MR) is 115 cm³/mol. The van der Waals surface area contributed by atoms with E-state index >= 15 is 0 Å². The van der Waals surface area contributed by atoms with Crippen molar-refractivity contribution in [1.82, 2.24) is 20.0 Å². The lowest BCUT2D eigenvalue weighted by atomic mass is 10.2. The molecule has 2 unspecified atom stereocenters. The number of aliphatic imine (C=N–C) groups is 1. The molecule has 0 aromatic carbocycles. The molecule has 0 aliphatic carbocycles. The first-order valence-corrected chi connectivity index (χ1v) is 9.27. The van der Waals surface area contributed by atoms with Crippen LogP contribution in [0.3, 0.4) is 0 Å². The van der Waals surface area contributed by atoms with Crippen LogP contribution in [0.1, 0.15) is 25.6 Å². The molecule has 28 heavy (non-hydrogen) atoms. The summed E-state index contributed by atoms with van der Waals surface area (Å²) in [5.74, 6) is 1.57. The highest BCUT2D eigenvalue weighted by atomic mass is 127. The summed E-state index contributed by atoms with van der Waals surface area (Å²) in [6.45, 7) is 6.15. The molecule has 1 aromatic rings. The minimum Gasteiger partial charge on any atom is -0.468 e. The molecule has 1 aliphatic heterocycles. The van der Waals surface area contributed by atoms with Crippen LogP contribution in [-0.4, -0.2) is 86.2 Å². The second kappa shape index (κ2) is 11.2. The Hall–Kier alpha value is -1.01. The van der Waals surface area contributed by atoms with Gasteiger partial charge in [-0.05, 0) is 40.1 Å². The number of nitrogens with zero attached hydrogens (tertiary/aromatic N) is 4. The van der Waals surface area contributed by atoms with Crippen LogP contribution >= 0.6 is 24.0 Å². The minimum atomic E-state index is -4.19. The first-order chi connectivity index (χ1) is 12.7. The molecule has 10 heteroatoms. The second-order valence-electron chi connectivity index (χ2n) is 6.93. The summed E-state index contributed by atoms with van der Waals surface area (Å²) >= 11 is 0. The van der Waals surface area contributed by atoms with E-state index in [0.29, 0.717) is 39.3 Å². The second-order valence-corrected chi connectivity index (χ2v) is 6.93. The molecular formula is C18H31F3IN5O. The number of nitrogens with one attached hydrogen (secondary N) is 1. The van der Waals surface area contributed by atoms with Crippen molar-refractivity contribution in [3.8, 4) is 0 Å². The molecule has 2 rings (SSSR count). The fourth-order valence-electron chi connectivity index (χ4n) is 3.12. The SMILES string of the molecule is CCNC(=NCC(c1ccco1)N(C)C)N1CCN(C(C)C(F)(F)F)CC1.I. The number of hydrogen-bond donors (Lipinski definition) is 1. The molecule has 1 aliphatic rings. The standard InChI is InChI=1S/C18H30F3N5O.HI/c1-5-22-17(23-13-15(24(3)4)16-7-6-12-27-16)26-10-8-25(9-11-26)14(2)18(19,20)21;/h6-7,12,14-15H,5,8-11,13H2,1-4H3,(H,22,23);1H. The van der Waals surface area contributed by atoms with Gasteiger partial charge in [-0.15, -0.1) is 24.0 Å². The van der Waals surface area contributed by atoms with Gasteiger partial charge in [0.25, 0.3) is 0 Å². The molecule has 0 amide bonds. The molecule has 0 bridgehead atoms. The maximum absolute atomic E-state index is 12.9. The summed E-state index contributed by atoms with van der Waals surface area (Å²) in [4.78, 5) is 10.3. The molecule has 1 N–H and O–H groups in total. The molecule has 2 atom stereocenters. The summed E-state index contributed by atoms with van der Waals surface area (Å²) in [6.07, 6.45) is -2.55. The number of alkyl halides is 3. The van der Waals surface area contributed by atoms with Crippen molar-refractivity contribution < 1.29 is 17.6 Å². The van der Waals surface area contributed by atoms with Gasteiger partial charge in [-0.3, -0.25) is 14.8 Å². The van der Waals surface area contributed by atoms with E-state index in [2.05, 4.69) is 5.32 Å². The van der Waals surface area contributed by atoms with E-state index in [0.717, 1.165) is 11.7 Å². The van der Waals surface area contributed by atoms with Crippen LogP contribution in [0.5, 0.6) is 0 Å². The van der Waals surface area contributed by atoms with E-state index in [4.69, 9.17) is 9.41 Å². The van der Waals surface area contributed by atoms with Crippen molar-refractivity contribution in [2.75, 3.05) is 53.4 Å². The fraction of sp³-hybridized carbons (Fsp3) is 0.722. The summed E-state index contributed by atoms with van der Waals surface area (Å²) in [5.41, 5.74) is 0. The summed E-state index contributed by atoms with van der Waals surface area (Å²) in [7, 11) is 3.93. The lowest BCUT2D eigenvalue weighted by Gasteiger charge is -2.39. The van der Waals surface area contributed by atoms with E-state index in [-0.39, 0.29) is 30.0 Å². The number of guanidine groups is 1. The maximum atomic E-state index is 12.9.